The van der Waals surface area contributed by atoms with Crippen LogP contribution in [-0.2, 0) is 11.2 Å². The van der Waals surface area contributed by atoms with Crippen molar-refractivity contribution < 1.29 is 18.7 Å². The van der Waals surface area contributed by atoms with Crippen molar-refractivity contribution >= 4 is 11.7 Å². The molecule has 2 rings (SSSR count). The summed E-state index contributed by atoms with van der Waals surface area (Å²) in [6.07, 6.45) is 0.870. The molecule has 0 unspecified atom stereocenters. The number of amides is 1. The van der Waals surface area contributed by atoms with E-state index < -0.39 is 0 Å². The first-order valence-electron chi connectivity index (χ1n) is 8.18. The lowest BCUT2D eigenvalue weighted by Crippen LogP contribution is -2.26. The number of nitrogens with one attached hydrogen (secondary N) is 1. The van der Waals surface area contributed by atoms with Gasteiger partial charge in [0.15, 0.2) is 5.78 Å². The predicted octanol–water partition coefficient (Wildman–Crippen LogP) is 3.46. The Balaban J connectivity index is 1.76. The zero-order chi connectivity index (χ0) is 18.2. The number of benzene rings is 2. The minimum atomic E-state index is -0.388. The fourth-order valence-corrected chi connectivity index (χ4v) is 2.53. The molecule has 0 saturated carbocycles. The van der Waals surface area contributed by atoms with Crippen molar-refractivity contribution in [3.8, 4) is 5.75 Å². The third kappa shape index (κ3) is 5.71. The SMILES string of the molecule is COc1ccc(C)cc1CCNC(=O)CCC(=O)c1ccc(F)cc1. The molecule has 132 valence electrons. The Labute approximate surface area is 147 Å². The largest absolute Gasteiger partial charge is 0.496 e. The van der Waals surface area contributed by atoms with Crippen LogP contribution in [0.15, 0.2) is 42.5 Å². The Bertz CT molecular complexity index is 741. The van der Waals surface area contributed by atoms with Gasteiger partial charge < -0.3 is 10.1 Å². The third-order valence-corrected chi connectivity index (χ3v) is 3.90. The summed E-state index contributed by atoms with van der Waals surface area (Å²) in [5, 5.41) is 2.81. The van der Waals surface area contributed by atoms with Gasteiger partial charge in [0.25, 0.3) is 0 Å². The fraction of sp³-hybridized carbons (Fsp3) is 0.300. The zero-order valence-electron chi connectivity index (χ0n) is 14.5. The number of Topliss-reactive ketones (excluding diaryl/α,β-unsaturated/α-hetero) is 1. The summed E-state index contributed by atoms with van der Waals surface area (Å²) in [5.74, 6) is 0.0600. The molecule has 0 saturated heterocycles. The molecule has 0 spiro atoms. The Morgan fingerprint density at radius 3 is 2.48 bits per heavy atom. The molecule has 0 bridgehead atoms. The van der Waals surface area contributed by atoms with Crippen LogP contribution in [0.25, 0.3) is 0 Å². The second-order valence-electron chi connectivity index (χ2n) is 5.85. The topological polar surface area (TPSA) is 55.4 Å². The normalized spacial score (nSPS) is 10.4. The second-order valence-corrected chi connectivity index (χ2v) is 5.85. The lowest BCUT2D eigenvalue weighted by molar-refractivity contribution is -0.121. The van der Waals surface area contributed by atoms with Crippen molar-refractivity contribution in [3.63, 3.8) is 0 Å². The van der Waals surface area contributed by atoms with Crippen molar-refractivity contribution in [1.29, 1.82) is 0 Å². The summed E-state index contributed by atoms with van der Waals surface area (Å²) in [5.41, 5.74) is 2.58. The highest BCUT2D eigenvalue weighted by molar-refractivity contribution is 5.97. The van der Waals surface area contributed by atoms with E-state index in [1.807, 2.05) is 25.1 Å². The number of ketones is 1. The average Bonchev–Trinajstić information content (AvgIpc) is 2.60. The first kappa shape index (κ1) is 18.6. The van der Waals surface area contributed by atoms with E-state index in [1.165, 1.54) is 24.3 Å². The van der Waals surface area contributed by atoms with Crippen molar-refractivity contribution in [3.05, 3.63) is 65.0 Å². The van der Waals surface area contributed by atoms with Crippen LogP contribution in [0.5, 0.6) is 5.75 Å². The Kier molecular flexibility index (Phi) is 6.69. The Morgan fingerprint density at radius 1 is 1.08 bits per heavy atom. The smallest absolute Gasteiger partial charge is 0.220 e. The quantitative estimate of drug-likeness (QED) is 0.747. The van der Waals surface area contributed by atoms with Crippen molar-refractivity contribution in [1.82, 2.24) is 5.32 Å². The van der Waals surface area contributed by atoms with Crippen molar-refractivity contribution in [2.45, 2.75) is 26.2 Å². The molecular formula is C20H22FNO3. The standard InChI is InChI=1S/C20H22FNO3/c1-14-3-9-19(25-2)16(13-14)11-12-22-20(24)10-8-18(23)15-4-6-17(21)7-5-15/h3-7,9,13H,8,10-12H2,1-2H3,(H,22,24). The number of hydrogen-bond donors (Lipinski definition) is 1. The number of carbonyl (C=O) groups excluding carboxylic acids is 2. The summed E-state index contributed by atoms with van der Waals surface area (Å²) in [7, 11) is 1.62. The van der Waals surface area contributed by atoms with Gasteiger partial charge in [-0.15, -0.1) is 0 Å². The molecule has 25 heavy (non-hydrogen) atoms. The van der Waals surface area contributed by atoms with Gasteiger partial charge in [-0.2, -0.15) is 0 Å². The van der Waals surface area contributed by atoms with E-state index in [1.54, 1.807) is 7.11 Å². The van der Waals surface area contributed by atoms with E-state index in [9.17, 15) is 14.0 Å². The average molecular weight is 343 g/mol. The van der Waals surface area contributed by atoms with Crippen LogP contribution in [0.4, 0.5) is 4.39 Å². The maximum absolute atomic E-state index is 12.8. The fourth-order valence-electron chi connectivity index (χ4n) is 2.53. The number of aryl methyl sites for hydroxylation is 1. The molecular weight excluding hydrogens is 321 g/mol. The van der Waals surface area contributed by atoms with E-state index in [2.05, 4.69) is 5.32 Å². The number of hydrogen-bond acceptors (Lipinski definition) is 3. The van der Waals surface area contributed by atoms with Gasteiger partial charge in [-0.1, -0.05) is 17.7 Å². The molecule has 0 aromatic heterocycles. The predicted molar refractivity (Wildman–Crippen MR) is 94.4 cm³/mol. The molecule has 0 atom stereocenters. The zero-order valence-corrected chi connectivity index (χ0v) is 14.5. The van der Waals surface area contributed by atoms with E-state index in [4.69, 9.17) is 4.74 Å². The molecule has 0 aliphatic carbocycles. The molecule has 2 aromatic rings. The van der Waals surface area contributed by atoms with Crippen molar-refractivity contribution in [2.24, 2.45) is 0 Å². The first-order chi connectivity index (χ1) is 12.0. The third-order valence-electron chi connectivity index (χ3n) is 3.90. The lowest BCUT2D eigenvalue weighted by Gasteiger charge is -2.10. The van der Waals surface area contributed by atoms with Gasteiger partial charge in [-0.3, -0.25) is 9.59 Å². The highest BCUT2D eigenvalue weighted by Gasteiger charge is 2.10. The Morgan fingerprint density at radius 2 is 1.80 bits per heavy atom. The summed E-state index contributed by atoms with van der Waals surface area (Å²) in [6, 6.07) is 11.3. The highest BCUT2D eigenvalue weighted by Crippen LogP contribution is 2.19. The molecule has 4 nitrogen and oxygen atoms in total. The van der Waals surface area contributed by atoms with Crippen LogP contribution in [0.1, 0.15) is 34.3 Å². The van der Waals surface area contributed by atoms with E-state index in [-0.39, 0.29) is 30.3 Å². The van der Waals surface area contributed by atoms with Crippen LogP contribution in [0.2, 0.25) is 0 Å². The van der Waals surface area contributed by atoms with Gasteiger partial charge in [-0.05, 0) is 49.2 Å². The van der Waals surface area contributed by atoms with Crippen LogP contribution in [0, 0.1) is 12.7 Å². The minimum Gasteiger partial charge on any atom is -0.496 e. The van der Waals surface area contributed by atoms with E-state index in [0.29, 0.717) is 18.5 Å². The molecule has 0 aliphatic rings. The number of methoxy groups -OCH3 is 1. The number of halogens is 1. The van der Waals surface area contributed by atoms with E-state index >= 15 is 0 Å². The molecule has 0 aliphatic heterocycles. The van der Waals surface area contributed by atoms with Crippen molar-refractivity contribution in [2.75, 3.05) is 13.7 Å². The molecule has 2 aromatic carbocycles. The van der Waals surface area contributed by atoms with Gasteiger partial charge in [-0.25, -0.2) is 4.39 Å². The lowest BCUT2D eigenvalue weighted by atomic mass is 10.1. The van der Waals surface area contributed by atoms with Crippen LogP contribution in [0.3, 0.4) is 0 Å². The maximum atomic E-state index is 12.8. The number of carbonyl (C=O) groups is 2. The van der Waals surface area contributed by atoms with Crippen LogP contribution >= 0.6 is 0 Å². The molecule has 0 fully saturated rings. The molecule has 5 heteroatoms. The second kappa shape index (κ2) is 8.97. The molecule has 1 amide bonds. The van der Waals surface area contributed by atoms with Crippen LogP contribution < -0.4 is 10.1 Å². The Hall–Kier alpha value is -2.69. The van der Waals surface area contributed by atoms with Gasteiger partial charge in [0.1, 0.15) is 11.6 Å². The number of rotatable bonds is 8. The van der Waals surface area contributed by atoms with E-state index in [0.717, 1.165) is 16.9 Å². The number of ether oxygens (including phenoxy) is 1. The van der Waals surface area contributed by atoms with Crippen LogP contribution in [-0.4, -0.2) is 25.3 Å². The molecule has 0 heterocycles. The van der Waals surface area contributed by atoms with Gasteiger partial charge in [0.2, 0.25) is 5.91 Å². The van der Waals surface area contributed by atoms with Gasteiger partial charge >= 0.3 is 0 Å². The summed E-state index contributed by atoms with van der Waals surface area (Å²) in [4.78, 5) is 23.8. The summed E-state index contributed by atoms with van der Waals surface area (Å²) >= 11 is 0. The highest BCUT2D eigenvalue weighted by atomic mass is 19.1. The minimum absolute atomic E-state index is 0.102. The molecule has 1 N–H and O–H groups in total. The maximum Gasteiger partial charge on any atom is 0.220 e. The van der Waals surface area contributed by atoms with Gasteiger partial charge in [0, 0.05) is 24.9 Å². The summed E-state index contributed by atoms with van der Waals surface area (Å²) in [6.45, 7) is 2.48. The van der Waals surface area contributed by atoms with Gasteiger partial charge in [0.05, 0.1) is 7.11 Å². The molecule has 0 radical (unpaired) electrons. The monoisotopic (exact) mass is 343 g/mol. The first-order valence-corrected chi connectivity index (χ1v) is 8.18. The summed E-state index contributed by atoms with van der Waals surface area (Å²) < 4.78 is 18.1.